The minimum atomic E-state index is -0.907. The van der Waals surface area contributed by atoms with Gasteiger partial charge in [0.05, 0.1) is 6.26 Å². The van der Waals surface area contributed by atoms with Gasteiger partial charge >= 0.3 is 5.97 Å². The molecule has 0 aromatic carbocycles. The molecule has 0 fully saturated rings. The second kappa shape index (κ2) is 8.08. The van der Waals surface area contributed by atoms with Gasteiger partial charge in [0.2, 0.25) is 5.91 Å². The molecule has 1 aromatic heterocycles. The van der Waals surface area contributed by atoms with Gasteiger partial charge in [-0.15, -0.1) is 0 Å². The van der Waals surface area contributed by atoms with Crippen molar-refractivity contribution in [2.75, 3.05) is 6.54 Å². The first-order valence-corrected chi connectivity index (χ1v) is 6.75. The zero-order valence-corrected chi connectivity index (χ0v) is 12.1. The van der Waals surface area contributed by atoms with Crippen molar-refractivity contribution in [2.24, 2.45) is 5.92 Å². The van der Waals surface area contributed by atoms with Crippen LogP contribution in [0.25, 0.3) is 0 Å². The molecule has 116 valence electrons. The first-order valence-electron chi connectivity index (χ1n) is 6.75. The normalized spacial score (nSPS) is 12.0. The molecule has 1 aromatic rings. The highest BCUT2D eigenvalue weighted by molar-refractivity contribution is 5.95. The number of nitrogens with one attached hydrogen (secondary N) is 2. The molecule has 0 radical (unpaired) electrons. The van der Waals surface area contributed by atoms with Crippen molar-refractivity contribution in [3.63, 3.8) is 0 Å². The van der Waals surface area contributed by atoms with Crippen molar-refractivity contribution in [1.29, 1.82) is 0 Å². The second-order valence-corrected chi connectivity index (χ2v) is 4.96. The van der Waals surface area contributed by atoms with E-state index in [1.807, 2.05) is 13.8 Å². The maximum Gasteiger partial charge on any atom is 0.303 e. The van der Waals surface area contributed by atoms with Crippen molar-refractivity contribution < 1.29 is 23.9 Å². The number of carboxylic acid groups (broad SMARTS) is 1. The zero-order chi connectivity index (χ0) is 15.8. The van der Waals surface area contributed by atoms with Crippen LogP contribution in [0.2, 0.25) is 0 Å². The maximum absolute atomic E-state index is 12.0. The third-order valence-electron chi connectivity index (χ3n) is 2.85. The lowest BCUT2D eigenvalue weighted by atomic mass is 10.0. The minimum Gasteiger partial charge on any atom is -0.481 e. The SMILES string of the molecule is CC(C)C(NC(=O)c1ccco1)C(=O)NCCCC(=O)O. The van der Waals surface area contributed by atoms with Gasteiger partial charge in [0.15, 0.2) is 5.76 Å². The number of carbonyl (C=O) groups excluding carboxylic acids is 2. The second-order valence-electron chi connectivity index (χ2n) is 4.96. The molecule has 7 nitrogen and oxygen atoms in total. The van der Waals surface area contributed by atoms with E-state index in [0.717, 1.165) is 0 Å². The van der Waals surface area contributed by atoms with Crippen LogP contribution in [0.4, 0.5) is 0 Å². The van der Waals surface area contributed by atoms with E-state index in [1.165, 1.54) is 12.3 Å². The summed E-state index contributed by atoms with van der Waals surface area (Å²) in [5, 5.41) is 13.8. The summed E-state index contributed by atoms with van der Waals surface area (Å²) in [5.41, 5.74) is 0. The standard InChI is InChI=1S/C14H20N2O5/c1-9(2)12(14(20)15-7-3-6-11(17)18)16-13(19)10-5-4-8-21-10/h4-5,8-9,12H,3,6-7H2,1-2H3,(H,15,20)(H,16,19)(H,17,18). The third kappa shape index (κ3) is 5.68. The van der Waals surface area contributed by atoms with Crippen molar-refractivity contribution in [3.8, 4) is 0 Å². The molecule has 7 heteroatoms. The number of furan rings is 1. The summed E-state index contributed by atoms with van der Waals surface area (Å²) in [6, 6.07) is 2.40. The lowest BCUT2D eigenvalue weighted by Crippen LogP contribution is -2.49. The van der Waals surface area contributed by atoms with Gasteiger partial charge in [0, 0.05) is 13.0 Å². The van der Waals surface area contributed by atoms with Gasteiger partial charge in [0.1, 0.15) is 6.04 Å². The lowest BCUT2D eigenvalue weighted by molar-refractivity contribution is -0.137. The van der Waals surface area contributed by atoms with Gasteiger partial charge in [-0.05, 0) is 24.5 Å². The lowest BCUT2D eigenvalue weighted by Gasteiger charge is -2.21. The van der Waals surface area contributed by atoms with Crippen molar-refractivity contribution in [2.45, 2.75) is 32.7 Å². The summed E-state index contributed by atoms with van der Waals surface area (Å²) >= 11 is 0. The van der Waals surface area contributed by atoms with Crippen molar-refractivity contribution >= 4 is 17.8 Å². The van der Waals surface area contributed by atoms with E-state index in [-0.39, 0.29) is 30.6 Å². The number of amides is 2. The summed E-state index contributed by atoms with van der Waals surface area (Å²) in [5.74, 6) is -1.67. The van der Waals surface area contributed by atoms with Crippen molar-refractivity contribution in [1.82, 2.24) is 10.6 Å². The van der Waals surface area contributed by atoms with E-state index in [2.05, 4.69) is 10.6 Å². The van der Waals surface area contributed by atoms with E-state index in [4.69, 9.17) is 9.52 Å². The minimum absolute atomic E-state index is 0.00855. The molecule has 0 aliphatic heterocycles. The molecule has 2 amide bonds. The Hall–Kier alpha value is -2.31. The average molecular weight is 296 g/mol. The Morgan fingerprint density at radius 1 is 1.33 bits per heavy atom. The first kappa shape index (κ1) is 16.7. The quantitative estimate of drug-likeness (QED) is 0.620. The number of rotatable bonds is 8. The van der Waals surface area contributed by atoms with Crippen LogP contribution in [0.3, 0.4) is 0 Å². The monoisotopic (exact) mass is 296 g/mol. The molecule has 1 unspecified atom stereocenters. The predicted octanol–water partition coefficient (Wildman–Crippen LogP) is 1.01. The van der Waals surface area contributed by atoms with Crippen LogP contribution in [-0.2, 0) is 9.59 Å². The smallest absolute Gasteiger partial charge is 0.303 e. The molecule has 3 N–H and O–H groups in total. The molecule has 21 heavy (non-hydrogen) atoms. The van der Waals surface area contributed by atoms with Crippen LogP contribution in [0.15, 0.2) is 22.8 Å². The predicted molar refractivity (Wildman–Crippen MR) is 74.7 cm³/mol. The molecule has 0 aliphatic rings. The Bertz CT molecular complexity index is 482. The molecule has 1 atom stereocenters. The van der Waals surface area contributed by atoms with Crippen LogP contribution in [0, 0.1) is 5.92 Å². The summed E-state index contributed by atoms with van der Waals surface area (Å²) in [7, 11) is 0. The highest BCUT2D eigenvalue weighted by atomic mass is 16.4. The van der Waals surface area contributed by atoms with E-state index in [0.29, 0.717) is 6.42 Å². The van der Waals surface area contributed by atoms with Crippen LogP contribution in [0.5, 0.6) is 0 Å². The van der Waals surface area contributed by atoms with Gasteiger partial charge in [-0.3, -0.25) is 14.4 Å². The average Bonchev–Trinajstić information content (AvgIpc) is 2.93. The number of carbonyl (C=O) groups is 3. The Morgan fingerprint density at radius 3 is 2.57 bits per heavy atom. The zero-order valence-electron chi connectivity index (χ0n) is 12.1. The van der Waals surface area contributed by atoms with E-state index in [9.17, 15) is 14.4 Å². The summed E-state index contributed by atoms with van der Waals surface area (Å²) in [6.07, 6.45) is 1.72. The molecule has 0 aliphatic carbocycles. The Labute approximate surface area is 122 Å². The fourth-order valence-corrected chi connectivity index (χ4v) is 1.72. The van der Waals surface area contributed by atoms with Crippen LogP contribution < -0.4 is 10.6 Å². The number of hydrogen-bond donors (Lipinski definition) is 3. The molecule has 0 saturated carbocycles. The molecule has 1 heterocycles. The topological polar surface area (TPSA) is 109 Å². The maximum atomic E-state index is 12.0. The van der Waals surface area contributed by atoms with Gasteiger partial charge in [-0.2, -0.15) is 0 Å². The molecular formula is C14H20N2O5. The molecule has 0 bridgehead atoms. The van der Waals surface area contributed by atoms with E-state index in [1.54, 1.807) is 6.07 Å². The summed E-state index contributed by atoms with van der Waals surface area (Å²) < 4.78 is 4.97. The molecule has 0 saturated heterocycles. The third-order valence-corrected chi connectivity index (χ3v) is 2.85. The Balaban J connectivity index is 2.50. The molecule has 0 spiro atoms. The Kier molecular flexibility index (Phi) is 6.45. The largest absolute Gasteiger partial charge is 0.481 e. The first-order chi connectivity index (χ1) is 9.91. The van der Waals surface area contributed by atoms with Gasteiger partial charge in [-0.1, -0.05) is 13.8 Å². The van der Waals surface area contributed by atoms with Crippen LogP contribution in [0.1, 0.15) is 37.2 Å². The summed E-state index contributed by atoms with van der Waals surface area (Å²) in [4.78, 5) is 34.3. The Morgan fingerprint density at radius 2 is 2.05 bits per heavy atom. The highest BCUT2D eigenvalue weighted by Gasteiger charge is 2.25. The fourth-order valence-electron chi connectivity index (χ4n) is 1.72. The highest BCUT2D eigenvalue weighted by Crippen LogP contribution is 2.06. The van der Waals surface area contributed by atoms with Gasteiger partial charge in [-0.25, -0.2) is 0 Å². The van der Waals surface area contributed by atoms with Crippen molar-refractivity contribution in [3.05, 3.63) is 24.2 Å². The van der Waals surface area contributed by atoms with E-state index >= 15 is 0 Å². The van der Waals surface area contributed by atoms with Crippen LogP contribution in [-0.4, -0.2) is 35.5 Å². The number of hydrogen-bond acceptors (Lipinski definition) is 4. The van der Waals surface area contributed by atoms with Gasteiger partial charge < -0.3 is 20.2 Å². The van der Waals surface area contributed by atoms with Crippen LogP contribution >= 0.6 is 0 Å². The summed E-state index contributed by atoms with van der Waals surface area (Å²) in [6.45, 7) is 3.87. The number of aliphatic carboxylic acids is 1. The van der Waals surface area contributed by atoms with E-state index < -0.39 is 17.9 Å². The fraction of sp³-hybridized carbons (Fsp3) is 0.500. The molecular weight excluding hydrogens is 276 g/mol. The van der Waals surface area contributed by atoms with Gasteiger partial charge in [0.25, 0.3) is 5.91 Å². The molecule has 1 rings (SSSR count). The number of carboxylic acids is 1.